The molecule has 0 radical (unpaired) electrons. The summed E-state index contributed by atoms with van der Waals surface area (Å²) in [5.74, 6) is -3.48. The van der Waals surface area contributed by atoms with Crippen molar-refractivity contribution in [3.8, 4) is 0 Å². The van der Waals surface area contributed by atoms with Crippen LogP contribution in [0.5, 0.6) is 0 Å². The molecule has 0 aromatic carbocycles. The molecule has 0 amide bonds. The highest BCUT2D eigenvalue weighted by molar-refractivity contribution is 5.84. The number of allylic oxidation sites excluding steroid dienone is 4. The van der Waals surface area contributed by atoms with Crippen molar-refractivity contribution >= 4 is 23.9 Å². The third kappa shape index (κ3) is 11.2. The van der Waals surface area contributed by atoms with Gasteiger partial charge in [0, 0.05) is 24.3 Å². The highest BCUT2D eigenvalue weighted by Crippen LogP contribution is 2.19. The largest absolute Gasteiger partial charge is 0.458 e. The number of aliphatic hydroxyl groups excluding tert-OH is 2. The van der Waals surface area contributed by atoms with E-state index in [4.69, 9.17) is 18.9 Å². The summed E-state index contributed by atoms with van der Waals surface area (Å²) in [7, 11) is 0. The van der Waals surface area contributed by atoms with Crippen LogP contribution in [0.25, 0.3) is 0 Å². The Morgan fingerprint density at radius 3 is 1.53 bits per heavy atom. The monoisotopic (exact) mass is 454 g/mol. The van der Waals surface area contributed by atoms with Crippen molar-refractivity contribution in [1.82, 2.24) is 0 Å². The Hall–Kier alpha value is -3.24. The molecule has 0 aromatic rings. The molecule has 0 saturated heterocycles. The van der Waals surface area contributed by atoms with Gasteiger partial charge in [-0.3, -0.25) is 0 Å². The van der Waals surface area contributed by atoms with Crippen LogP contribution in [0.4, 0.5) is 0 Å². The smallest absolute Gasteiger partial charge is 0.330 e. The van der Waals surface area contributed by atoms with Crippen molar-refractivity contribution in [2.75, 3.05) is 13.2 Å². The van der Waals surface area contributed by atoms with Crippen LogP contribution in [0.1, 0.15) is 27.7 Å². The molecule has 10 heteroatoms. The minimum atomic E-state index is -1.72. The van der Waals surface area contributed by atoms with Gasteiger partial charge in [-0.1, -0.05) is 24.3 Å². The topological polar surface area (TPSA) is 146 Å². The van der Waals surface area contributed by atoms with Crippen LogP contribution in [0.15, 0.2) is 48.6 Å². The highest BCUT2D eigenvalue weighted by atomic mass is 16.6. The molecule has 0 aliphatic heterocycles. The van der Waals surface area contributed by atoms with Gasteiger partial charge >= 0.3 is 23.9 Å². The van der Waals surface area contributed by atoms with E-state index in [0.717, 1.165) is 24.3 Å². The Bertz CT molecular complexity index is 735. The van der Waals surface area contributed by atoms with Gasteiger partial charge in [0.15, 0.2) is 18.3 Å². The van der Waals surface area contributed by atoms with Gasteiger partial charge in [0.2, 0.25) is 0 Å². The molecule has 2 N–H and O–H groups in total. The fraction of sp³-hybridized carbons (Fsp3) is 0.455. The van der Waals surface area contributed by atoms with E-state index in [0.29, 0.717) is 0 Å². The van der Waals surface area contributed by atoms with E-state index in [-0.39, 0.29) is 0 Å². The van der Waals surface area contributed by atoms with Crippen LogP contribution >= 0.6 is 0 Å². The maximum Gasteiger partial charge on any atom is 0.330 e. The van der Waals surface area contributed by atoms with Gasteiger partial charge < -0.3 is 29.2 Å². The summed E-state index contributed by atoms with van der Waals surface area (Å²) >= 11 is 0. The van der Waals surface area contributed by atoms with E-state index < -0.39 is 61.5 Å². The van der Waals surface area contributed by atoms with Crippen molar-refractivity contribution in [3.63, 3.8) is 0 Å². The number of rotatable bonds is 13. The summed E-state index contributed by atoms with van der Waals surface area (Å²) in [6.45, 7) is 4.76. The normalized spacial score (nSPS) is 15.6. The molecule has 0 fully saturated rings. The first-order valence-corrected chi connectivity index (χ1v) is 9.82. The quantitative estimate of drug-likeness (QED) is 0.234. The number of esters is 4. The summed E-state index contributed by atoms with van der Waals surface area (Å²) in [4.78, 5) is 48.0. The first-order valence-electron chi connectivity index (χ1n) is 9.82. The van der Waals surface area contributed by atoms with Crippen LogP contribution in [0.3, 0.4) is 0 Å². The van der Waals surface area contributed by atoms with Crippen molar-refractivity contribution in [2.24, 2.45) is 0 Å². The minimum Gasteiger partial charge on any atom is -0.458 e. The van der Waals surface area contributed by atoms with Crippen molar-refractivity contribution in [1.29, 1.82) is 0 Å². The van der Waals surface area contributed by atoms with Gasteiger partial charge in [0.05, 0.1) is 6.61 Å². The van der Waals surface area contributed by atoms with Crippen LogP contribution in [0.2, 0.25) is 0 Å². The second-order valence-corrected chi connectivity index (χ2v) is 6.16. The third-order valence-corrected chi connectivity index (χ3v) is 3.63. The maximum atomic E-state index is 12.2. The molecular formula is C22H30O10. The van der Waals surface area contributed by atoms with Crippen molar-refractivity contribution in [2.45, 2.75) is 52.1 Å². The molecule has 0 aromatic heterocycles. The predicted molar refractivity (Wildman–Crippen MR) is 113 cm³/mol. The lowest BCUT2D eigenvalue weighted by molar-refractivity contribution is -0.196. The second kappa shape index (κ2) is 16.5. The van der Waals surface area contributed by atoms with Crippen LogP contribution in [0, 0.1) is 0 Å². The molecule has 0 aliphatic rings. The van der Waals surface area contributed by atoms with E-state index in [9.17, 15) is 29.4 Å². The molecule has 10 nitrogen and oxygen atoms in total. The third-order valence-electron chi connectivity index (χ3n) is 3.63. The van der Waals surface area contributed by atoms with Crippen LogP contribution < -0.4 is 0 Å². The van der Waals surface area contributed by atoms with Gasteiger partial charge in [-0.2, -0.15) is 0 Å². The van der Waals surface area contributed by atoms with E-state index in [2.05, 4.69) is 0 Å². The Morgan fingerprint density at radius 2 is 1.09 bits per heavy atom. The molecule has 0 bridgehead atoms. The number of aliphatic hydroxyl groups is 2. The molecule has 0 saturated carbocycles. The first-order chi connectivity index (χ1) is 15.2. The number of carbonyl (C=O) groups excluding carboxylic acids is 4. The molecule has 0 spiro atoms. The lowest BCUT2D eigenvalue weighted by Gasteiger charge is -2.33. The molecular weight excluding hydrogens is 424 g/mol. The number of ether oxygens (including phenoxy) is 4. The fourth-order valence-corrected chi connectivity index (χ4v) is 2.31. The Morgan fingerprint density at radius 1 is 0.688 bits per heavy atom. The molecule has 0 heterocycles. The average Bonchev–Trinajstić information content (AvgIpc) is 2.74. The second-order valence-electron chi connectivity index (χ2n) is 6.16. The Kier molecular flexibility index (Phi) is 14.8. The zero-order valence-electron chi connectivity index (χ0n) is 18.5. The van der Waals surface area contributed by atoms with Gasteiger partial charge in [-0.25, -0.2) is 19.2 Å². The summed E-state index contributed by atoms with van der Waals surface area (Å²) in [6.07, 6.45) is 3.28. The first kappa shape index (κ1) is 28.8. The highest BCUT2D eigenvalue weighted by Gasteiger charge is 2.42. The molecule has 0 rings (SSSR count). The zero-order valence-corrected chi connectivity index (χ0v) is 18.5. The van der Waals surface area contributed by atoms with Crippen molar-refractivity contribution in [3.05, 3.63) is 48.6 Å². The van der Waals surface area contributed by atoms with Gasteiger partial charge in [-0.05, 0) is 27.7 Å². The predicted octanol–water partition coefficient (Wildman–Crippen LogP) is 0.923. The number of hydrogen-bond donors (Lipinski definition) is 2. The summed E-state index contributed by atoms with van der Waals surface area (Å²) < 4.78 is 20.7. The molecule has 178 valence electrons. The SMILES string of the molecule is CC=CC(=O)OC[C@H](OC(=O)C=CC)[C@@H](OC(=O)C=CC)[C@H](OC(=O)C=CC)[C@H](O)CO. The minimum absolute atomic E-state index is 0.601. The van der Waals surface area contributed by atoms with E-state index in [1.54, 1.807) is 27.7 Å². The molecule has 0 unspecified atom stereocenters. The van der Waals surface area contributed by atoms with Crippen LogP contribution in [-0.4, -0.2) is 71.7 Å². The zero-order chi connectivity index (χ0) is 24.5. The van der Waals surface area contributed by atoms with E-state index >= 15 is 0 Å². The number of carbonyl (C=O) groups is 4. The van der Waals surface area contributed by atoms with E-state index in [1.165, 1.54) is 24.3 Å². The standard InChI is InChI=1S/C22H30O10/c1-5-9-17(25)29-14-16(30-18(26)10-6-2)22(32-20(28)12-8-4)21(15(24)13-23)31-19(27)11-7-3/h5-12,15-16,21-24H,13-14H2,1-4H3/t15-,16+,21-,22-/m1/s1. The number of hydrogen-bond acceptors (Lipinski definition) is 10. The van der Waals surface area contributed by atoms with Gasteiger partial charge in [-0.15, -0.1) is 0 Å². The van der Waals surface area contributed by atoms with Crippen LogP contribution in [-0.2, 0) is 38.1 Å². The lowest BCUT2D eigenvalue weighted by atomic mass is 10.0. The van der Waals surface area contributed by atoms with E-state index in [1.807, 2.05) is 0 Å². The Balaban J connectivity index is 6.23. The maximum absolute atomic E-state index is 12.2. The molecule has 32 heavy (non-hydrogen) atoms. The van der Waals surface area contributed by atoms with Gasteiger partial charge in [0.1, 0.15) is 12.7 Å². The average molecular weight is 454 g/mol. The summed E-state index contributed by atoms with van der Waals surface area (Å²) in [5.41, 5.74) is 0. The van der Waals surface area contributed by atoms with Gasteiger partial charge in [0.25, 0.3) is 0 Å². The molecule has 4 atom stereocenters. The summed E-state index contributed by atoms with van der Waals surface area (Å²) in [6, 6.07) is 0. The summed E-state index contributed by atoms with van der Waals surface area (Å²) in [5, 5.41) is 19.7. The lowest BCUT2D eigenvalue weighted by Crippen LogP contribution is -2.53. The fourth-order valence-electron chi connectivity index (χ4n) is 2.31. The van der Waals surface area contributed by atoms with Crippen molar-refractivity contribution < 1.29 is 48.3 Å². The Labute approximate surface area is 186 Å². The molecule has 0 aliphatic carbocycles.